The summed E-state index contributed by atoms with van der Waals surface area (Å²) < 4.78 is 0. The molecule has 0 saturated heterocycles. The van der Waals surface area contributed by atoms with E-state index in [-0.39, 0.29) is 18.0 Å². The van der Waals surface area contributed by atoms with Crippen LogP contribution in [0.2, 0.25) is 0 Å². The summed E-state index contributed by atoms with van der Waals surface area (Å²) in [6.45, 7) is 0. The monoisotopic (exact) mass is 270 g/mol. The van der Waals surface area contributed by atoms with Crippen LogP contribution in [-0.4, -0.2) is 17.1 Å². The lowest BCUT2D eigenvalue weighted by atomic mass is 10.0. The van der Waals surface area contributed by atoms with Crippen molar-refractivity contribution < 1.29 is 9.59 Å². The van der Waals surface area contributed by atoms with Gasteiger partial charge in [-0.25, -0.2) is 0 Å². The van der Waals surface area contributed by atoms with Crippen molar-refractivity contribution in [2.45, 2.75) is 6.42 Å². The topological polar surface area (TPSA) is 81.2 Å². The minimum Gasteiger partial charge on any atom is -0.344 e. The largest absolute Gasteiger partial charge is 0.344 e. The molecule has 4 nitrogen and oxygen atoms in total. The molecule has 4 N–H and O–H groups in total. The van der Waals surface area contributed by atoms with E-state index in [1.165, 1.54) is 0 Å². The van der Waals surface area contributed by atoms with Crippen LogP contribution in [-0.2, 0) is 6.42 Å². The van der Waals surface area contributed by atoms with Crippen LogP contribution in [0.1, 0.15) is 26.3 Å². The van der Waals surface area contributed by atoms with Crippen LogP contribution in [0.15, 0.2) is 18.2 Å². The Morgan fingerprint density at radius 2 is 1.93 bits per heavy atom. The number of rotatable bonds is 2. The summed E-state index contributed by atoms with van der Waals surface area (Å²) in [6, 6.07) is 5.35. The number of alkyl halides is 1. The number of aryl methyl sites for hydroxylation is 1. The molecule has 15 heavy (non-hydrogen) atoms. The van der Waals surface area contributed by atoms with Gasteiger partial charge in [0.25, 0.3) is 11.8 Å². The van der Waals surface area contributed by atoms with E-state index in [0.29, 0.717) is 11.1 Å². The van der Waals surface area contributed by atoms with Gasteiger partial charge in [-0.2, -0.15) is 0 Å². The third-order valence-corrected chi connectivity index (χ3v) is 2.61. The average molecular weight is 271 g/mol. The lowest BCUT2D eigenvalue weighted by Crippen LogP contribution is -2.20. The highest BCUT2D eigenvalue weighted by Gasteiger charge is 2.28. The summed E-state index contributed by atoms with van der Waals surface area (Å²) in [4.78, 5) is 22.7. The number of carbonyl (C=O) groups excluding carboxylic acids is 2. The van der Waals surface area contributed by atoms with Gasteiger partial charge in [-0.3, -0.25) is 14.9 Å². The molecule has 0 unspecified atom stereocenters. The van der Waals surface area contributed by atoms with Crippen LogP contribution < -0.4 is 11.5 Å². The first-order valence-corrected chi connectivity index (χ1v) is 5.39. The van der Waals surface area contributed by atoms with E-state index in [1.54, 1.807) is 12.1 Å². The van der Waals surface area contributed by atoms with E-state index < -0.39 is 0 Å². The third-order valence-electron chi connectivity index (χ3n) is 2.21. The molecule has 2 amide bonds. The normalized spacial score (nSPS) is 13.1. The summed E-state index contributed by atoms with van der Waals surface area (Å²) in [6.07, 6.45) is 0.754. The van der Waals surface area contributed by atoms with Crippen molar-refractivity contribution in [1.82, 2.24) is 11.5 Å². The Labute approximate surface area is 95.8 Å². The zero-order chi connectivity index (χ0) is 10.1. The average Bonchev–Trinajstić information content (AvgIpc) is 2.44. The highest BCUT2D eigenvalue weighted by Crippen LogP contribution is 2.20. The SMILES string of the molecule is N.O=C1NC(=O)c2c(CCBr)cccc21. The molecule has 0 aliphatic carbocycles. The molecule has 1 aliphatic heterocycles. The minimum absolute atomic E-state index is 0. The second-order valence-electron chi connectivity index (χ2n) is 3.06. The Bertz CT molecular complexity index is 418. The Kier molecular flexibility index (Phi) is 3.60. The van der Waals surface area contributed by atoms with Crippen LogP contribution in [0, 0.1) is 0 Å². The van der Waals surface area contributed by atoms with Crippen molar-refractivity contribution in [2.75, 3.05) is 5.33 Å². The molecule has 0 aromatic heterocycles. The number of amides is 2. The van der Waals surface area contributed by atoms with Crippen molar-refractivity contribution in [3.05, 3.63) is 34.9 Å². The Balaban J connectivity index is 0.00000112. The summed E-state index contributed by atoms with van der Waals surface area (Å²) >= 11 is 3.31. The molecular formula is C10H11BrN2O2. The van der Waals surface area contributed by atoms with Crippen molar-refractivity contribution in [2.24, 2.45) is 0 Å². The van der Waals surface area contributed by atoms with E-state index >= 15 is 0 Å². The predicted molar refractivity (Wildman–Crippen MR) is 60.8 cm³/mol. The van der Waals surface area contributed by atoms with Crippen LogP contribution in [0.3, 0.4) is 0 Å². The van der Waals surface area contributed by atoms with Crippen molar-refractivity contribution >= 4 is 27.7 Å². The van der Waals surface area contributed by atoms with E-state index in [0.717, 1.165) is 17.3 Å². The molecule has 1 aliphatic rings. The van der Waals surface area contributed by atoms with Crippen LogP contribution >= 0.6 is 15.9 Å². The standard InChI is InChI=1S/C10H8BrNO2.H3N/c11-5-4-6-2-1-3-7-8(6)10(14)12-9(7)13;/h1-3H,4-5H2,(H,12,13,14);1H3. The van der Waals surface area contributed by atoms with Gasteiger partial charge in [0.2, 0.25) is 0 Å². The maximum Gasteiger partial charge on any atom is 0.259 e. The van der Waals surface area contributed by atoms with Crippen molar-refractivity contribution in [1.29, 1.82) is 0 Å². The van der Waals surface area contributed by atoms with Gasteiger partial charge in [0.1, 0.15) is 0 Å². The van der Waals surface area contributed by atoms with Gasteiger partial charge in [-0.1, -0.05) is 28.1 Å². The minimum atomic E-state index is -0.290. The number of imide groups is 1. The van der Waals surface area contributed by atoms with Crippen LogP contribution in [0.4, 0.5) is 0 Å². The molecule has 0 bridgehead atoms. The zero-order valence-corrected chi connectivity index (χ0v) is 9.63. The summed E-state index contributed by atoms with van der Waals surface area (Å²) in [7, 11) is 0. The van der Waals surface area contributed by atoms with Crippen LogP contribution in [0.25, 0.3) is 0 Å². The quantitative estimate of drug-likeness (QED) is 0.634. The molecule has 1 aromatic carbocycles. The smallest absolute Gasteiger partial charge is 0.259 e. The van der Waals surface area contributed by atoms with Crippen molar-refractivity contribution in [3.8, 4) is 0 Å². The maximum atomic E-state index is 11.4. The fourth-order valence-electron chi connectivity index (χ4n) is 1.60. The lowest BCUT2D eigenvalue weighted by molar-refractivity contribution is 0.0879. The van der Waals surface area contributed by atoms with Gasteiger partial charge in [0.05, 0.1) is 11.1 Å². The fourth-order valence-corrected chi connectivity index (χ4v) is 2.03. The van der Waals surface area contributed by atoms with Gasteiger partial charge in [-0.15, -0.1) is 0 Å². The van der Waals surface area contributed by atoms with E-state index in [4.69, 9.17) is 0 Å². The Morgan fingerprint density at radius 1 is 1.20 bits per heavy atom. The first-order valence-electron chi connectivity index (χ1n) is 4.27. The fraction of sp³-hybridized carbons (Fsp3) is 0.200. The maximum absolute atomic E-state index is 11.4. The summed E-state index contributed by atoms with van der Waals surface area (Å²) in [5.74, 6) is -0.567. The number of hydrogen-bond donors (Lipinski definition) is 2. The van der Waals surface area contributed by atoms with Gasteiger partial charge in [-0.05, 0) is 18.1 Å². The number of hydrogen-bond acceptors (Lipinski definition) is 3. The molecule has 80 valence electrons. The number of fused-ring (bicyclic) bond motifs is 1. The molecule has 0 radical (unpaired) electrons. The van der Waals surface area contributed by atoms with Gasteiger partial charge < -0.3 is 6.15 Å². The molecule has 0 fully saturated rings. The van der Waals surface area contributed by atoms with Crippen molar-refractivity contribution in [3.63, 3.8) is 0 Å². The lowest BCUT2D eigenvalue weighted by Gasteiger charge is -2.02. The zero-order valence-electron chi connectivity index (χ0n) is 8.05. The molecule has 1 heterocycles. The van der Waals surface area contributed by atoms with Gasteiger partial charge in [0, 0.05) is 5.33 Å². The molecule has 2 rings (SSSR count). The number of halogens is 1. The second-order valence-corrected chi connectivity index (χ2v) is 3.85. The molecule has 5 heteroatoms. The molecule has 0 spiro atoms. The first-order chi connectivity index (χ1) is 6.74. The first kappa shape index (κ1) is 11.9. The molecular weight excluding hydrogens is 260 g/mol. The number of nitrogens with one attached hydrogen (secondary N) is 1. The molecule has 1 aromatic rings. The summed E-state index contributed by atoms with van der Waals surface area (Å²) in [5, 5.41) is 3.07. The highest BCUT2D eigenvalue weighted by molar-refractivity contribution is 9.09. The Morgan fingerprint density at radius 3 is 2.60 bits per heavy atom. The van der Waals surface area contributed by atoms with E-state index in [2.05, 4.69) is 21.2 Å². The van der Waals surface area contributed by atoms with E-state index in [1.807, 2.05) is 6.07 Å². The van der Waals surface area contributed by atoms with E-state index in [9.17, 15) is 9.59 Å². The summed E-state index contributed by atoms with van der Waals surface area (Å²) in [5.41, 5.74) is 1.95. The molecule has 0 atom stereocenters. The van der Waals surface area contributed by atoms with Gasteiger partial charge >= 0.3 is 0 Å². The number of carbonyl (C=O) groups is 2. The highest BCUT2D eigenvalue weighted by atomic mass is 79.9. The van der Waals surface area contributed by atoms with Gasteiger partial charge in [0.15, 0.2) is 0 Å². The molecule has 0 saturated carbocycles. The second kappa shape index (κ2) is 4.55. The third kappa shape index (κ3) is 1.93. The number of benzene rings is 1. The van der Waals surface area contributed by atoms with Crippen LogP contribution in [0.5, 0.6) is 0 Å². The predicted octanol–water partition coefficient (Wildman–Crippen LogP) is 1.67. The Hall–Kier alpha value is -1.20.